The lowest BCUT2D eigenvalue weighted by Gasteiger charge is -2.16. The summed E-state index contributed by atoms with van der Waals surface area (Å²) >= 11 is 3.11. The first-order chi connectivity index (χ1) is 12.0. The number of aryl methyl sites for hydroxylation is 2. The minimum absolute atomic E-state index is 0.0111. The molecule has 1 unspecified atom stereocenters. The number of amides is 1. The third-order valence-corrected chi connectivity index (χ3v) is 6.39. The molecule has 1 aliphatic rings. The van der Waals surface area contributed by atoms with E-state index in [0.717, 1.165) is 40.8 Å². The van der Waals surface area contributed by atoms with Crippen LogP contribution in [0.2, 0.25) is 0 Å². The third-order valence-electron chi connectivity index (χ3n) is 4.41. The van der Waals surface area contributed by atoms with Gasteiger partial charge in [-0.05, 0) is 26.7 Å². The zero-order valence-corrected chi connectivity index (χ0v) is 16.1. The summed E-state index contributed by atoms with van der Waals surface area (Å²) in [5.74, 6) is -0.0111. The van der Waals surface area contributed by atoms with Crippen LogP contribution in [0.4, 0.5) is 0 Å². The zero-order valence-electron chi connectivity index (χ0n) is 14.5. The largest absolute Gasteiger partial charge is 0.371 e. The molecule has 0 N–H and O–H groups in total. The monoisotopic (exact) mass is 376 g/mol. The van der Waals surface area contributed by atoms with Crippen LogP contribution in [-0.4, -0.2) is 38.8 Å². The van der Waals surface area contributed by atoms with Gasteiger partial charge in [-0.3, -0.25) is 9.20 Å². The Balaban J connectivity index is 1.52. The summed E-state index contributed by atoms with van der Waals surface area (Å²) in [7, 11) is 1.83. The summed E-state index contributed by atoms with van der Waals surface area (Å²) in [4.78, 5) is 26.4. The van der Waals surface area contributed by atoms with Gasteiger partial charge in [0.05, 0.1) is 24.1 Å². The highest BCUT2D eigenvalue weighted by atomic mass is 32.1. The van der Waals surface area contributed by atoms with Gasteiger partial charge in [-0.15, -0.1) is 22.7 Å². The average molecular weight is 377 g/mol. The van der Waals surface area contributed by atoms with Crippen molar-refractivity contribution >= 4 is 33.5 Å². The number of rotatable bonds is 4. The Morgan fingerprint density at radius 3 is 3.04 bits per heavy atom. The van der Waals surface area contributed by atoms with Crippen LogP contribution in [0, 0.1) is 13.8 Å². The molecule has 3 aromatic rings. The van der Waals surface area contributed by atoms with Crippen molar-refractivity contribution < 1.29 is 9.53 Å². The second kappa shape index (κ2) is 6.51. The van der Waals surface area contributed by atoms with Crippen molar-refractivity contribution in [1.82, 2.24) is 19.3 Å². The molecule has 1 fully saturated rings. The van der Waals surface area contributed by atoms with E-state index in [9.17, 15) is 4.79 Å². The molecule has 0 bridgehead atoms. The minimum atomic E-state index is -0.0111. The Morgan fingerprint density at radius 1 is 1.44 bits per heavy atom. The summed E-state index contributed by atoms with van der Waals surface area (Å²) in [6, 6.07) is 0. The molecule has 3 aromatic heterocycles. The number of thiazole rings is 2. The van der Waals surface area contributed by atoms with Crippen molar-refractivity contribution in [3.05, 3.63) is 38.5 Å². The predicted octanol–water partition coefficient (Wildman–Crippen LogP) is 3.59. The van der Waals surface area contributed by atoms with Gasteiger partial charge in [0.25, 0.3) is 5.91 Å². The lowest BCUT2D eigenvalue weighted by Crippen LogP contribution is -2.26. The quantitative estimate of drug-likeness (QED) is 0.698. The highest BCUT2D eigenvalue weighted by molar-refractivity contribution is 7.17. The summed E-state index contributed by atoms with van der Waals surface area (Å²) in [5, 5.41) is 0.908. The van der Waals surface area contributed by atoms with Gasteiger partial charge in [0.15, 0.2) is 4.96 Å². The lowest BCUT2D eigenvalue weighted by atomic mass is 10.2. The molecule has 6 nitrogen and oxygen atoms in total. The number of fused-ring (bicyclic) bond motifs is 1. The van der Waals surface area contributed by atoms with Gasteiger partial charge in [-0.1, -0.05) is 0 Å². The maximum atomic E-state index is 12.8. The maximum Gasteiger partial charge on any atom is 0.265 e. The number of hydrogen-bond acceptors (Lipinski definition) is 6. The van der Waals surface area contributed by atoms with E-state index in [1.54, 1.807) is 22.4 Å². The normalized spacial score (nSPS) is 17.5. The van der Waals surface area contributed by atoms with E-state index in [4.69, 9.17) is 4.74 Å². The van der Waals surface area contributed by atoms with Crippen LogP contribution in [-0.2, 0) is 11.3 Å². The Hall–Kier alpha value is -1.77. The summed E-state index contributed by atoms with van der Waals surface area (Å²) < 4.78 is 7.74. The highest BCUT2D eigenvalue weighted by Crippen LogP contribution is 2.31. The molecular formula is C17H20N4O2S2. The maximum absolute atomic E-state index is 12.8. The standard InChI is InChI=1S/C17H20N4O2S2/c1-10-8-21-12(11(2)19-17(21)24-10)9-20(3)16(22)14-7-18-15(25-14)13-5-4-6-23-13/h7-8,13H,4-6,9H2,1-3H3. The van der Waals surface area contributed by atoms with Crippen LogP contribution in [0.25, 0.3) is 4.96 Å². The van der Waals surface area contributed by atoms with Gasteiger partial charge in [-0.25, -0.2) is 9.97 Å². The summed E-state index contributed by atoms with van der Waals surface area (Å²) in [6.07, 6.45) is 5.86. The molecule has 1 atom stereocenters. The van der Waals surface area contributed by atoms with Crippen molar-refractivity contribution in [1.29, 1.82) is 0 Å². The van der Waals surface area contributed by atoms with Crippen molar-refractivity contribution in [3.63, 3.8) is 0 Å². The fourth-order valence-electron chi connectivity index (χ4n) is 3.09. The fraction of sp³-hybridized carbons (Fsp3) is 0.471. The van der Waals surface area contributed by atoms with E-state index in [0.29, 0.717) is 11.4 Å². The number of ether oxygens (including phenoxy) is 1. The van der Waals surface area contributed by atoms with Crippen molar-refractivity contribution in [2.24, 2.45) is 0 Å². The lowest BCUT2D eigenvalue weighted by molar-refractivity contribution is 0.0787. The zero-order chi connectivity index (χ0) is 17.6. The molecule has 132 valence electrons. The first-order valence-corrected chi connectivity index (χ1v) is 9.93. The van der Waals surface area contributed by atoms with Crippen LogP contribution in [0.1, 0.15) is 49.9 Å². The van der Waals surface area contributed by atoms with Crippen molar-refractivity contribution in [2.75, 3.05) is 13.7 Å². The molecule has 1 saturated heterocycles. The van der Waals surface area contributed by atoms with E-state index in [1.165, 1.54) is 16.2 Å². The Bertz CT molecular complexity index is 921. The molecule has 1 amide bonds. The van der Waals surface area contributed by atoms with Gasteiger partial charge in [0.2, 0.25) is 0 Å². The van der Waals surface area contributed by atoms with Crippen LogP contribution < -0.4 is 0 Å². The molecule has 25 heavy (non-hydrogen) atoms. The summed E-state index contributed by atoms with van der Waals surface area (Å²) in [6.45, 7) is 5.36. The van der Waals surface area contributed by atoms with Crippen LogP contribution in [0.5, 0.6) is 0 Å². The number of carbonyl (C=O) groups excluding carboxylic acids is 1. The first kappa shape index (κ1) is 16.7. The third kappa shape index (κ3) is 3.09. The molecule has 4 rings (SSSR count). The van der Waals surface area contributed by atoms with Gasteiger partial charge in [-0.2, -0.15) is 0 Å². The van der Waals surface area contributed by atoms with E-state index >= 15 is 0 Å². The van der Waals surface area contributed by atoms with E-state index < -0.39 is 0 Å². The molecule has 8 heteroatoms. The SMILES string of the molecule is Cc1cn2c(CN(C)C(=O)c3cnc(C4CCCO4)s3)c(C)nc2s1. The number of nitrogens with zero attached hydrogens (tertiary/aromatic N) is 4. The van der Waals surface area contributed by atoms with Crippen LogP contribution >= 0.6 is 22.7 Å². The topological polar surface area (TPSA) is 59.7 Å². The van der Waals surface area contributed by atoms with Crippen molar-refractivity contribution in [2.45, 2.75) is 39.3 Å². The molecule has 4 heterocycles. The highest BCUT2D eigenvalue weighted by Gasteiger charge is 2.24. The number of hydrogen-bond donors (Lipinski definition) is 0. The van der Waals surface area contributed by atoms with E-state index in [2.05, 4.69) is 27.5 Å². The molecule has 0 spiro atoms. The van der Waals surface area contributed by atoms with Crippen LogP contribution in [0.15, 0.2) is 12.4 Å². The Morgan fingerprint density at radius 2 is 2.28 bits per heavy atom. The van der Waals surface area contributed by atoms with Gasteiger partial charge < -0.3 is 9.64 Å². The van der Waals surface area contributed by atoms with Gasteiger partial charge in [0.1, 0.15) is 16.0 Å². The second-order valence-electron chi connectivity index (χ2n) is 6.36. The van der Waals surface area contributed by atoms with E-state index in [-0.39, 0.29) is 12.0 Å². The Kier molecular flexibility index (Phi) is 4.35. The molecule has 1 aliphatic heterocycles. The summed E-state index contributed by atoms with van der Waals surface area (Å²) in [5.41, 5.74) is 2.02. The molecule has 0 aliphatic carbocycles. The first-order valence-electron chi connectivity index (χ1n) is 8.29. The number of carbonyl (C=O) groups is 1. The molecule has 0 saturated carbocycles. The number of aromatic nitrogens is 3. The van der Waals surface area contributed by atoms with Gasteiger partial charge in [0, 0.05) is 24.7 Å². The van der Waals surface area contributed by atoms with Gasteiger partial charge >= 0.3 is 0 Å². The van der Waals surface area contributed by atoms with Crippen molar-refractivity contribution in [3.8, 4) is 0 Å². The average Bonchev–Trinajstić information content (AvgIpc) is 3.33. The predicted molar refractivity (Wildman–Crippen MR) is 98.4 cm³/mol. The van der Waals surface area contributed by atoms with Crippen LogP contribution in [0.3, 0.4) is 0 Å². The van der Waals surface area contributed by atoms with E-state index in [1.807, 2.05) is 14.0 Å². The molecular weight excluding hydrogens is 356 g/mol. The fourth-order valence-corrected chi connectivity index (χ4v) is 4.98. The molecule has 0 aromatic carbocycles. The Labute approximate surface area is 154 Å². The molecule has 0 radical (unpaired) electrons. The second-order valence-corrected chi connectivity index (χ2v) is 8.64. The minimum Gasteiger partial charge on any atom is -0.371 e. The number of imidazole rings is 1. The smallest absolute Gasteiger partial charge is 0.265 e.